The number of hydrogen-bond donors (Lipinski definition) is 3. The van der Waals surface area contributed by atoms with Crippen molar-refractivity contribution in [1.82, 2.24) is 5.32 Å². The topological polar surface area (TPSA) is 136 Å². The van der Waals surface area contributed by atoms with Crippen molar-refractivity contribution in [3.8, 4) is 11.5 Å². The smallest absolute Gasteiger partial charge is 0.545 e. The summed E-state index contributed by atoms with van der Waals surface area (Å²) in [5.74, 6) is -1.82. The van der Waals surface area contributed by atoms with Gasteiger partial charge in [-0.05, 0) is 60.2 Å². The summed E-state index contributed by atoms with van der Waals surface area (Å²) in [4.78, 5) is 10.7. The largest absolute Gasteiger partial charge is 1.00 e. The van der Waals surface area contributed by atoms with Gasteiger partial charge < -0.3 is 30.2 Å². The third-order valence-corrected chi connectivity index (χ3v) is 6.75. The maximum Gasteiger partial charge on any atom is 1.00 e. The number of benzene rings is 3. The molecule has 0 heterocycles. The summed E-state index contributed by atoms with van der Waals surface area (Å²) in [5, 5.41) is 34.4. The molecule has 0 unspecified atom stereocenters. The second-order valence-electron chi connectivity index (χ2n) is 7.06. The molecule has 0 aliphatic rings. The zero-order chi connectivity index (χ0) is 24.0. The Bertz CT molecular complexity index is 1240. The van der Waals surface area contributed by atoms with Crippen molar-refractivity contribution in [3.05, 3.63) is 82.9 Å². The first kappa shape index (κ1) is 28.1. The minimum Gasteiger partial charge on any atom is -0.545 e. The number of aliphatic hydroxyl groups is 1. The second-order valence-corrected chi connectivity index (χ2v) is 9.45. The van der Waals surface area contributed by atoms with Gasteiger partial charge in [0.1, 0.15) is 18.1 Å². The van der Waals surface area contributed by atoms with Crippen LogP contribution in [-0.2, 0) is 9.84 Å². The summed E-state index contributed by atoms with van der Waals surface area (Å²) in [5.41, 5.74) is 0.0945. The minimum atomic E-state index is -4.00. The number of aromatic carboxylic acids is 1. The molecule has 0 saturated heterocycles. The third-order valence-electron chi connectivity index (χ3n) is 4.75. The van der Waals surface area contributed by atoms with Gasteiger partial charge >= 0.3 is 29.6 Å². The number of carboxylic acid groups (broad SMARTS) is 1. The van der Waals surface area contributed by atoms with Crippen molar-refractivity contribution < 1.29 is 62.8 Å². The van der Waals surface area contributed by atoms with Crippen molar-refractivity contribution in [3.63, 3.8) is 0 Å². The average Bonchev–Trinajstić information content (AvgIpc) is 2.79. The third kappa shape index (κ3) is 7.19. The number of halogens is 1. The van der Waals surface area contributed by atoms with E-state index >= 15 is 0 Å². The molecule has 0 aromatic heterocycles. The number of phenols is 1. The van der Waals surface area contributed by atoms with Crippen LogP contribution in [0.2, 0.25) is 5.02 Å². The number of aliphatic hydroxyl groups excluding tert-OH is 1. The number of carbonyl (C=O) groups excluding carboxylic acids is 1. The van der Waals surface area contributed by atoms with Crippen molar-refractivity contribution in [1.29, 1.82) is 0 Å². The van der Waals surface area contributed by atoms with Crippen molar-refractivity contribution in [2.45, 2.75) is 15.9 Å². The van der Waals surface area contributed by atoms with Crippen LogP contribution in [0, 0.1) is 0 Å². The van der Waals surface area contributed by atoms with E-state index in [1.165, 1.54) is 24.3 Å². The normalized spacial score (nSPS) is 11.9. The zero-order valence-corrected chi connectivity index (χ0v) is 21.8. The Morgan fingerprint density at radius 1 is 1.06 bits per heavy atom. The molecule has 0 fully saturated rings. The van der Waals surface area contributed by atoms with Gasteiger partial charge in [0.15, 0.2) is 0 Å². The molecule has 0 amide bonds. The van der Waals surface area contributed by atoms with Gasteiger partial charge in [-0.3, -0.25) is 0 Å². The van der Waals surface area contributed by atoms with Crippen molar-refractivity contribution in [2.24, 2.45) is 0 Å². The number of aromatic hydroxyl groups is 1. The number of nitrogens with one attached hydrogen (secondary N) is 1. The van der Waals surface area contributed by atoms with Gasteiger partial charge in [-0.25, -0.2) is 8.42 Å². The SMILES string of the molecule is O=C([O-])c1cc(S(=O)(=O)c2ccc(OCCNC[C@H](O)c3cccc(Cl)c3)cc2)ccc1O.[Na+]. The summed E-state index contributed by atoms with van der Waals surface area (Å²) < 4.78 is 31.1. The predicted octanol–water partition coefficient (Wildman–Crippen LogP) is -1.05. The number of sulfone groups is 1. The zero-order valence-electron chi connectivity index (χ0n) is 18.3. The van der Waals surface area contributed by atoms with E-state index in [-0.39, 0.29) is 46.0 Å². The minimum absolute atomic E-state index is 0. The second kappa shape index (κ2) is 12.6. The average molecular weight is 514 g/mol. The molecule has 1 atom stereocenters. The van der Waals surface area contributed by atoms with E-state index in [0.29, 0.717) is 29.4 Å². The van der Waals surface area contributed by atoms with Crippen LogP contribution in [0.15, 0.2) is 76.5 Å². The molecule has 3 rings (SSSR count). The van der Waals surface area contributed by atoms with Gasteiger partial charge in [-0.15, -0.1) is 0 Å². The van der Waals surface area contributed by atoms with Gasteiger partial charge in [0.25, 0.3) is 0 Å². The first-order chi connectivity index (χ1) is 15.7. The monoisotopic (exact) mass is 513 g/mol. The summed E-state index contributed by atoms with van der Waals surface area (Å²) in [7, 11) is -4.00. The van der Waals surface area contributed by atoms with Crippen LogP contribution < -0.4 is 44.7 Å². The standard InChI is InChI=1S/C23H22ClNO7S.Na/c24-16-3-1-2-15(12-16)22(27)14-25-10-11-32-17-4-6-18(7-5-17)33(30,31)19-8-9-21(26)20(13-19)23(28)29;/h1-9,12-13,22,25-27H,10-11,14H2,(H,28,29);/q;+1/p-1/t22-;/m0./s1. The molecular formula is C23H21ClNNaO7S. The number of ether oxygens (including phenoxy) is 1. The number of carbonyl (C=O) groups is 1. The number of carboxylic acids is 1. The molecule has 0 aliphatic carbocycles. The quantitative estimate of drug-likeness (QED) is 0.231. The summed E-state index contributed by atoms with van der Waals surface area (Å²) >= 11 is 5.91. The molecule has 0 bridgehead atoms. The van der Waals surface area contributed by atoms with E-state index in [9.17, 15) is 28.5 Å². The number of rotatable bonds is 10. The van der Waals surface area contributed by atoms with Crippen LogP contribution in [0.5, 0.6) is 11.5 Å². The van der Waals surface area contributed by atoms with E-state index in [1.807, 2.05) is 0 Å². The van der Waals surface area contributed by atoms with Gasteiger partial charge in [-0.1, -0.05) is 23.7 Å². The summed E-state index contributed by atoms with van der Waals surface area (Å²) in [6.07, 6.45) is -0.717. The molecule has 0 radical (unpaired) electrons. The Labute approximate surface area is 224 Å². The fourth-order valence-corrected chi connectivity index (χ4v) is 4.49. The Hall–Kier alpha value is -2.11. The summed E-state index contributed by atoms with van der Waals surface area (Å²) in [6.45, 7) is 1.03. The van der Waals surface area contributed by atoms with Gasteiger partial charge in [0.2, 0.25) is 9.84 Å². The molecule has 0 saturated carbocycles. The maximum atomic E-state index is 12.8. The molecule has 11 heteroatoms. The van der Waals surface area contributed by atoms with Crippen LogP contribution >= 0.6 is 11.6 Å². The van der Waals surface area contributed by atoms with Gasteiger partial charge in [-0.2, -0.15) is 0 Å². The molecule has 3 aromatic rings. The summed E-state index contributed by atoms with van der Waals surface area (Å²) in [6, 6.07) is 15.6. The number of hydrogen-bond acceptors (Lipinski definition) is 8. The maximum absolute atomic E-state index is 12.8. The molecular weight excluding hydrogens is 493 g/mol. The van der Waals surface area contributed by atoms with Crippen LogP contribution in [0.25, 0.3) is 0 Å². The van der Waals surface area contributed by atoms with Gasteiger partial charge in [0, 0.05) is 23.7 Å². The van der Waals surface area contributed by atoms with Crippen LogP contribution in [0.4, 0.5) is 0 Å². The van der Waals surface area contributed by atoms with E-state index in [4.69, 9.17) is 16.3 Å². The van der Waals surface area contributed by atoms with E-state index in [1.54, 1.807) is 24.3 Å². The van der Waals surface area contributed by atoms with Gasteiger partial charge in [0.05, 0.1) is 21.9 Å². The molecule has 8 nitrogen and oxygen atoms in total. The van der Waals surface area contributed by atoms with E-state index in [2.05, 4.69) is 5.32 Å². The Balaban J connectivity index is 0.00000408. The van der Waals surface area contributed by atoms with Crippen LogP contribution in [0.1, 0.15) is 22.0 Å². The van der Waals surface area contributed by atoms with E-state index in [0.717, 1.165) is 18.2 Å². The van der Waals surface area contributed by atoms with Crippen molar-refractivity contribution >= 4 is 27.4 Å². The fraction of sp³-hybridized carbons (Fsp3) is 0.174. The Morgan fingerprint density at radius 2 is 1.74 bits per heavy atom. The van der Waals surface area contributed by atoms with E-state index < -0.39 is 33.2 Å². The fourth-order valence-electron chi connectivity index (χ4n) is 3.01. The molecule has 34 heavy (non-hydrogen) atoms. The molecule has 3 aromatic carbocycles. The molecule has 0 aliphatic heterocycles. The first-order valence-electron chi connectivity index (χ1n) is 9.85. The Morgan fingerprint density at radius 3 is 2.38 bits per heavy atom. The van der Waals surface area contributed by atoms with Crippen LogP contribution in [0.3, 0.4) is 0 Å². The first-order valence-corrected chi connectivity index (χ1v) is 11.7. The van der Waals surface area contributed by atoms with Crippen molar-refractivity contribution in [2.75, 3.05) is 19.7 Å². The molecule has 3 N–H and O–H groups in total. The Kier molecular flexibility index (Phi) is 10.4. The predicted molar refractivity (Wildman–Crippen MR) is 119 cm³/mol. The van der Waals surface area contributed by atoms with Crippen LogP contribution in [-0.4, -0.2) is 44.3 Å². The molecule has 174 valence electrons. The molecule has 0 spiro atoms.